The molecule has 0 spiro atoms. The molecule has 0 aromatic heterocycles. The summed E-state index contributed by atoms with van der Waals surface area (Å²) in [5.41, 5.74) is -0.242. The zero-order chi connectivity index (χ0) is 14.8. The average Bonchev–Trinajstić information content (AvgIpc) is 2.97. The van der Waals surface area contributed by atoms with Gasteiger partial charge in [-0.3, -0.25) is 4.79 Å². The van der Waals surface area contributed by atoms with Gasteiger partial charge in [-0.15, -0.1) is 0 Å². The van der Waals surface area contributed by atoms with Gasteiger partial charge in [0.15, 0.2) is 0 Å². The number of hydrogen-bond donors (Lipinski definition) is 0. The molecule has 1 aliphatic carbocycles. The van der Waals surface area contributed by atoms with E-state index in [0.29, 0.717) is 5.92 Å². The van der Waals surface area contributed by atoms with Crippen LogP contribution in [0.15, 0.2) is 0 Å². The van der Waals surface area contributed by atoms with Crippen LogP contribution in [0.1, 0.15) is 74.1 Å². The second kappa shape index (κ2) is 5.85. The van der Waals surface area contributed by atoms with Crippen LogP contribution in [-0.2, 0) is 9.53 Å². The zero-order valence-corrected chi connectivity index (χ0v) is 13.9. The summed E-state index contributed by atoms with van der Waals surface area (Å²) in [5.74, 6) is 1.09. The van der Waals surface area contributed by atoms with Gasteiger partial charge in [-0.25, -0.2) is 0 Å². The first-order valence-electron chi connectivity index (χ1n) is 7.75. The second-order valence-electron chi connectivity index (χ2n) is 8.20. The molecule has 2 atom stereocenters. The molecular formula is C17H32O2. The van der Waals surface area contributed by atoms with Gasteiger partial charge in [-0.1, -0.05) is 47.5 Å². The summed E-state index contributed by atoms with van der Waals surface area (Å²) in [6.45, 7) is 14.9. The third-order valence-corrected chi connectivity index (χ3v) is 4.31. The molecule has 1 fully saturated rings. The molecule has 112 valence electrons. The summed E-state index contributed by atoms with van der Waals surface area (Å²) in [7, 11) is 0. The molecule has 19 heavy (non-hydrogen) atoms. The Hall–Kier alpha value is -0.530. The Labute approximate surface area is 119 Å². The summed E-state index contributed by atoms with van der Waals surface area (Å²) < 4.78 is 5.73. The van der Waals surface area contributed by atoms with E-state index in [9.17, 15) is 4.79 Å². The Kier molecular flexibility index (Phi) is 5.08. The van der Waals surface area contributed by atoms with E-state index in [1.807, 2.05) is 6.92 Å². The molecule has 0 aromatic carbocycles. The molecule has 2 heteroatoms. The maximum absolute atomic E-state index is 12.6. The van der Waals surface area contributed by atoms with Gasteiger partial charge in [0.05, 0.1) is 11.5 Å². The normalized spacial score (nSPS) is 21.1. The number of carbonyl (C=O) groups excluding carboxylic acids is 1. The van der Waals surface area contributed by atoms with Crippen LogP contribution in [0.2, 0.25) is 0 Å². The molecule has 2 nitrogen and oxygen atoms in total. The van der Waals surface area contributed by atoms with Gasteiger partial charge in [0.2, 0.25) is 0 Å². The summed E-state index contributed by atoms with van der Waals surface area (Å²) in [6.07, 6.45) is 4.59. The smallest absolute Gasteiger partial charge is 0.312 e. The van der Waals surface area contributed by atoms with E-state index in [1.165, 1.54) is 12.8 Å². The van der Waals surface area contributed by atoms with Crippen molar-refractivity contribution < 1.29 is 9.53 Å². The number of hydrogen-bond acceptors (Lipinski definition) is 2. The second-order valence-corrected chi connectivity index (χ2v) is 8.20. The summed E-state index contributed by atoms with van der Waals surface area (Å²) >= 11 is 0. The van der Waals surface area contributed by atoms with Gasteiger partial charge >= 0.3 is 5.97 Å². The molecule has 1 saturated carbocycles. The van der Waals surface area contributed by atoms with Crippen molar-refractivity contribution in [3.05, 3.63) is 0 Å². The van der Waals surface area contributed by atoms with Crippen LogP contribution in [0.25, 0.3) is 0 Å². The molecule has 2 unspecified atom stereocenters. The van der Waals surface area contributed by atoms with E-state index in [-0.39, 0.29) is 22.9 Å². The molecule has 0 radical (unpaired) electrons. The Bertz CT molecular complexity index is 310. The van der Waals surface area contributed by atoms with Crippen LogP contribution < -0.4 is 0 Å². The highest BCUT2D eigenvalue weighted by molar-refractivity contribution is 5.77. The van der Waals surface area contributed by atoms with E-state index < -0.39 is 0 Å². The van der Waals surface area contributed by atoms with Crippen molar-refractivity contribution in [2.45, 2.75) is 80.3 Å². The predicted octanol–water partition coefficient (Wildman–Crippen LogP) is 4.82. The average molecular weight is 268 g/mol. The lowest BCUT2D eigenvalue weighted by molar-refractivity contribution is -0.165. The Balaban J connectivity index is 2.65. The monoisotopic (exact) mass is 268 g/mol. The van der Waals surface area contributed by atoms with E-state index in [1.54, 1.807) is 0 Å². The Morgan fingerprint density at radius 3 is 2.05 bits per heavy atom. The lowest BCUT2D eigenvalue weighted by Crippen LogP contribution is -2.39. The van der Waals surface area contributed by atoms with E-state index >= 15 is 0 Å². The molecule has 1 aliphatic rings. The van der Waals surface area contributed by atoms with Crippen molar-refractivity contribution in [1.82, 2.24) is 0 Å². The van der Waals surface area contributed by atoms with Crippen molar-refractivity contribution in [3.63, 3.8) is 0 Å². The Morgan fingerprint density at radius 2 is 1.68 bits per heavy atom. The van der Waals surface area contributed by atoms with Crippen molar-refractivity contribution in [3.8, 4) is 0 Å². The minimum Gasteiger partial charge on any atom is -0.462 e. The minimum absolute atomic E-state index is 0.00873. The molecule has 0 amide bonds. The van der Waals surface area contributed by atoms with E-state index in [2.05, 4.69) is 41.5 Å². The first-order valence-corrected chi connectivity index (χ1v) is 7.75. The maximum Gasteiger partial charge on any atom is 0.312 e. The maximum atomic E-state index is 12.6. The van der Waals surface area contributed by atoms with Crippen molar-refractivity contribution in [2.75, 3.05) is 0 Å². The number of carbonyl (C=O) groups is 1. The Morgan fingerprint density at radius 1 is 1.16 bits per heavy atom. The van der Waals surface area contributed by atoms with Crippen LogP contribution in [0.3, 0.4) is 0 Å². The highest BCUT2D eigenvalue weighted by Gasteiger charge is 2.42. The quantitative estimate of drug-likeness (QED) is 0.646. The van der Waals surface area contributed by atoms with Crippen molar-refractivity contribution in [1.29, 1.82) is 0 Å². The van der Waals surface area contributed by atoms with Crippen LogP contribution in [0.4, 0.5) is 0 Å². The molecule has 0 heterocycles. The van der Waals surface area contributed by atoms with E-state index in [4.69, 9.17) is 4.74 Å². The highest BCUT2D eigenvalue weighted by atomic mass is 16.5. The fourth-order valence-corrected chi connectivity index (χ4v) is 2.80. The van der Waals surface area contributed by atoms with Gasteiger partial charge in [-0.2, -0.15) is 0 Å². The minimum atomic E-state index is -0.379. The van der Waals surface area contributed by atoms with Gasteiger partial charge in [0.25, 0.3) is 0 Å². The molecule has 0 saturated heterocycles. The highest BCUT2D eigenvalue weighted by Crippen LogP contribution is 2.41. The zero-order valence-electron chi connectivity index (χ0n) is 13.9. The number of ether oxygens (including phenoxy) is 1. The number of rotatable bonds is 6. The summed E-state index contributed by atoms with van der Waals surface area (Å²) in [6, 6.07) is 0. The molecule has 0 aliphatic heterocycles. The fourth-order valence-electron chi connectivity index (χ4n) is 2.80. The van der Waals surface area contributed by atoms with Gasteiger partial charge < -0.3 is 4.74 Å². The standard InChI is InChI=1S/C17H32O2/c1-12(2)17(7,11-16(4,5)6)15(18)19-13(3)10-14-8-9-14/h12-14H,8-11H2,1-7H3. The third-order valence-electron chi connectivity index (χ3n) is 4.31. The van der Waals surface area contributed by atoms with Crippen LogP contribution in [0, 0.1) is 22.7 Å². The largest absolute Gasteiger partial charge is 0.462 e. The third kappa shape index (κ3) is 5.16. The molecular weight excluding hydrogens is 236 g/mol. The van der Waals surface area contributed by atoms with Crippen molar-refractivity contribution >= 4 is 5.97 Å². The van der Waals surface area contributed by atoms with Crippen LogP contribution in [-0.4, -0.2) is 12.1 Å². The summed E-state index contributed by atoms with van der Waals surface area (Å²) in [5, 5.41) is 0. The van der Waals surface area contributed by atoms with E-state index in [0.717, 1.165) is 18.8 Å². The lowest BCUT2D eigenvalue weighted by Gasteiger charge is -2.37. The molecule has 0 N–H and O–H groups in total. The fraction of sp³-hybridized carbons (Fsp3) is 0.941. The SMILES string of the molecule is CC(CC1CC1)OC(=O)C(C)(CC(C)(C)C)C(C)C. The van der Waals surface area contributed by atoms with Crippen LogP contribution in [0.5, 0.6) is 0 Å². The van der Waals surface area contributed by atoms with Gasteiger partial charge in [0, 0.05) is 0 Å². The first-order chi connectivity index (χ1) is 8.54. The summed E-state index contributed by atoms with van der Waals surface area (Å²) in [4.78, 5) is 12.6. The molecule has 0 aromatic rings. The van der Waals surface area contributed by atoms with Gasteiger partial charge in [-0.05, 0) is 43.9 Å². The van der Waals surface area contributed by atoms with Gasteiger partial charge in [0.1, 0.15) is 0 Å². The predicted molar refractivity (Wildman–Crippen MR) is 79.9 cm³/mol. The molecule has 0 bridgehead atoms. The molecule has 1 rings (SSSR count). The number of esters is 1. The van der Waals surface area contributed by atoms with Crippen LogP contribution >= 0.6 is 0 Å². The van der Waals surface area contributed by atoms with Crippen molar-refractivity contribution in [2.24, 2.45) is 22.7 Å². The first kappa shape index (κ1) is 16.5. The topological polar surface area (TPSA) is 26.3 Å². The lowest BCUT2D eigenvalue weighted by atomic mass is 9.69.